The minimum absolute atomic E-state index is 0.0292. The molecule has 112 valence electrons. The Morgan fingerprint density at radius 1 is 1.35 bits per heavy atom. The molecule has 0 aliphatic heterocycles. The van der Waals surface area contributed by atoms with Crippen LogP contribution in [0.4, 0.5) is 10.1 Å². The largest absolute Gasteiger partial charge is 0.461 e. The molecule has 0 spiro atoms. The van der Waals surface area contributed by atoms with Gasteiger partial charge >= 0.3 is 5.97 Å². The Balaban J connectivity index is 2.65. The number of hydrogen-bond donors (Lipinski definition) is 1. The van der Waals surface area contributed by atoms with Gasteiger partial charge in [-0.1, -0.05) is 6.92 Å². The van der Waals surface area contributed by atoms with Crippen LogP contribution in [0.2, 0.25) is 0 Å². The number of sulfone groups is 1. The quantitative estimate of drug-likeness (QED) is 0.638. The van der Waals surface area contributed by atoms with Crippen LogP contribution in [-0.2, 0) is 14.6 Å². The molecule has 0 radical (unpaired) electrons. The molecule has 7 heteroatoms. The lowest BCUT2D eigenvalue weighted by atomic mass is 10.1. The summed E-state index contributed by atoms with van der Waals surface area (Å²) in [5, 5.41) is 0. The summed E-state index contributed by atoms with van der Waals surface area (Å²) >= 11 is 0. The zero-order chi connectivity index (χ0) is 15.3. The molecule has 5 nitrogen and oxygen atoms in total. The van der Waals surface area contributed by atoms with Gasteiger partial charge in [0.1, 0.15) is 12.4 Å². The number of hydrogen-bond acceptors (Lipinski definition) is 5. The summed E-state index contributed by atoms with van der Waals surface area (Å²) in [5.74, 6) is -1.58. The summed E-state index contributed by atoms with van der Waals surface area (Å²) in [6.45, 7) is 3.00. The van der Waals surface area contributed by atoms with Gasteiger partial charge in [-0.25, -0.2) is 17.6 Å². The van der Waals surface area contributed by atoms with E-state index in [1.807, 2.05) is 0 Å². The van der Waals surface area contributed by atoms with Crippen molar-refractivity contribution in [2.24, 2.45) is 0 Å². The molecule has 2 N–H and O–H groups in total. The van der Waals surface area contributed by atoms with E-state index in [1.54, 1.807) is 6.92 Å². The molecule has 0 unspecified atom stereocenters. The van der Waals surface area contributed by atoms with Crippen LogP contribution < -0.4 is 5.73 Å². The van der Waals surface area contributed by atoms with Gasteiger partial charge in [-0.2, -0.15) is 0 Å². The number of ether oxygens (including phenoxy) is 1. The van der Waals surface area contributed by atoms with Gasteiger partial charge in [0.15, 0.2) is 9.84 Å². The van der Waals surface area contributed by atoms with Crippen molar-refractivity contribution in [2.75, 3.05) is 23.8 Å². The molecule has 1 rings (SSSR count). The van der Waals surface area contributed by atoms with Crippen LogP contribution in [0.25, 0.3) is 0 Å². The van der Waals surface area contributed by atoms with Crippen molar-refractivity contribution >= 4 is 21.5 Å². The molecule has 0 bridgehead atoms. The van der Waals surface area contributed by atoms with Crippen LogP contribution in [-0.4, -0.2) is 32.5 Å². The van der Waals surface area contributed by atoms with E-state index in [-0.39, 0.29) is 34.9 Å². The summed E-state index contributed by atoms with van der Waals surface area (Å²) in [6, 6.07) is 2.33. The Kier molecular flexibility index (Phi) is 5.50. The summed E-state index contributed by atoms with van der Waals surface area (Å²) in [6.07, 6.45) is 0.510. The smallest absolute Gasteiger partial charge is 0.338 e. The van der Waals surface area contributed by atoms with E-state index < -0.39 is 21.6 Å². The van der Waals surface area contributed by atoms with Crippen molar-refractivity contribution in [2.45, 2.75) is 20.3 Å². The molecule has 0 aromatic heterocycles. The third kappa shape index (κ3) is 4.48. The number of halogens is 1. The van der Waals surface area contributed by atoms with Gasteiger partial charge in [0.2, 0.25) is 0 Å². The maximum absolute atomic E-state index is 13.4. The van der Waals surface area contributed by atoms with E-state index >= 15 is 0 Å². The van der Waals surface area contributed by atoms with Crippen molar-refractivity contribution in [3.8, 4) is 0 Å². The summed E-state index contributed by atoms with van der Waals surface area (Å²) in [7, 11) is -3.21. The molecule has 1 aromatic carbocycles. The molecule has 0 aliphatic carbocycles. The first-order valence-corrected chi connectivity index (χ1v) is 8.02. The monoisotopic (exact) mass is 303 g/mol. The first kappa shape index (κ1) is 16.4. The van der Waals surface area contributed by atoms with Gasteiger partial charge in [-0.05, 0) is 25.5 Å². The van der Waals surface area contributed by atoms with Crippen molar-refractivity contribution < 1.29 is 22.3 Å². The first-order valence-electron chi connectivity index (χ1n) is 6.20. The maximum Gasteiger partial charge on any atom is 0.338 e. The van der Waals surface area contributed by atoms with Crippen LogP contribution in [0.15, 0.2) is 12.1 Å². The Bertz CT molecular complexity index is 575. The third-order valence-corrected chi connectivity index (χ3v) is 4.58. The fourth-order valence-electron chi connectivity index (χ4n) is 1.58. The molecule has 0 aliphatic rings. The minimum Gasteiger partial charge on any atom is -0.461 e. The van der Waals surface area contributed by atoms with Gasteiger partial charge < -0.3 is 10.5 Å². The van der Waals surface area contributed by atoms with Crippen molar-refractivity contribution in [3.63, 3.8) is 0 Å². The predicted octanol–water partition coefficient (Wildman–Crippen LogP) is 1.70. The average molecular weight is 303 g/mol. The highest BCUT2D eigenvalue weighted by molar-refractivity contribution is 7.91. The molecule has 0 saturated heterocycles. The molecular weight excluding hydrogens is 285 g/mol. The number of rotatable bonds is 6. The Morgan fingerprint density at radius 2 is 2.00 bits per heavy atom. The van der Waals surface area contributed by atoms with Crippen molar-refractivity contribution in [3.05, 3.63) is 29.1 Å². The van der Waals surface area contributed by atoms with E-state index in [9.17, 15) is 17.6 Å². The van der Waals surface area contributed by atoms with Crippen LogP contribution in [0.5, 0.6) is 0 Å². The molecule has 0 saturated carbocycles. The summed E-state index contributed by atoms with van der Waals surface area (Å²) < 4.78 is 41.1. The number of carbonyl (C=O) groups is 1. The Morgan fingerprint density at radius 3 is 2.55 bits per heavy atom. The lowest BCUT2D eigenvalue weighted by Gasteiger charge is -2.08. The Labute approximate surface area is 117 Å². The number of nitrogens with two attached hydrogens (primary N) is 1. The van der Waals surface area contributed by atoms with Gasteiger partial charge in [0.25, 0.3) is 0 Å². The standard InChI is InChI=1S/C13H18FNO4S/c1-3-5-20(17,18)6-4-19-13(16)10-7-11(14)9(2)12(15)8-10/h7-8H,3-6,15H2,1-2H3. The maximum atomic E-state index is 13.4. The van der Waals surface area contributed by atoms with Crippen LogP contribution >= 0.6 is 0 Å². The highest BCUT2D eigenvalue weighted by Gasteiger charge is 2.14. The average Bonchev–Trinajstić information content (AvgIpc) is 2.34. The van der Waals surface area contributed by atoms with E-state index in [0.29, 0.717) is 6.42 Å². The van der Waals surface area contributed by atoms with Crippen LogP contribution in [0, 0.1) is 12.7 Å². The number of benzene rings is 1. The SMILES string of the molecule is CCCS(=O)(=O)CCOC(=O)c1cc(N)c(C)c(F)c1. The summed E-state index contributed by atoms with van der Waals surface area (Å²) in [4.78, 5) is 11.7. The second-order valence-corrected chi connectivity index (χ2v) is 6.76. The second kappa shape index (κ2) is 6.69. The molecule has 0 amide bonds. The molecule has 0 heterocycles. The minimum atomic E-state index is -3.21. The van der Waals surface area contributed by atoms with Crippen LogP contribution in [0.3, 0.4) is 0 Å². The molecule has 1 aromatic rings. The highest BCUT2D eigenvalue weighted by atomic mass is 32.2. The number of nitrogen functional groups attached to an aromatic ring is 1. The topological polar surface area (TPSA) is 86.5 Å². The third-order valence-electron chi connectivity index (χ3n) is 2.76. The first-order chi connectivity index (χ1) is 9.26. The van der Waals surface area contributed by atoms with Gasteiger partial charge in [0.05, 0.1) is 17.1 Å². The van der Waals surface area contributed by atoms with Crippen molar-refractivity contribution in [1.82, 2.24) is 0 Å². The highest BCUT2D eigenvalue weighted by Crippen LogP contribution is 2.18. The Hall–Kier alpha value is -1.63. The van der Waals surface area contributed by atoms with Gasteiger partial charge in [-0.3, -0.25) is 0 Å². The van der Waals surface area contributed by atoms with Gasteiger partial charge in [-0.15, -0.1) is 0 Å². The fourth-order valence-corrected chi connectivity index (χ4v) is 2.74. The van der Waals surface area contributed by atoms with Crippen molar-refractivity contribution in [1.29, 1.82) is 0 Å². The van der Waals surface area contributed by atoms with Crippen LogP contribution in [0.1, 0.15) is 29.3 Å². The summed E-state index contributed by atoms with van der Waals surface area (Å²) in [5.41, 5.74) is 5.93. The second-order valence-electron chi connectivity index (χ2n) is 4.46. The lowest BCUT2D eigenvalue weighted by Crippen LogP contribution is -2.18. The molecule has 0 fully saturated rings. The number of anilines is 1. The molecule has 20 heavy (non-hydrogen) atoms. The van der Waals surface area contributed by atoms with E-state index in [1.165, 1.54) is 13.0 Å². The zero-order valence-electron chi connectivity index (χ0n) is 11.5. The van der Waals surface area contributed by atoms with E-state index in [4.69, 9.17) is 10.5 Å². The van der Waals surface area contributed by atoms with E-state index in [0.717, 1.165) is 6.07 Å². The van der Waals surface area contributed by atoms with E-state index in [2.05, 4.69) is 0 Å². The number of esters is 1. The van der Waals surface area contributed by atoms with Gasteiger partial charge in [0, 0.05) is 11.3 Å². The molecular formula is C13H18FNO4S. The predicted molar refractivity (Wildman–Crippen MR) is 74.8 cm³/mol. The normalized spacial score (nSPS) is 11.3. The lowest BCUT2D eigenvalue weighted by molar-refractivity contribution is 0.0528. The number of carbonyl (C=O) groups excluding carboxylic acids is 1. The molecule has 0 atom stereocenters. The zero-order valence-corrected chi connectivity index (χ0v) is 12.3. The fraction of sp³-hybridized carbons (Fsp3) is 0.462.